The van der Waals surface area contributed by atoms with Crippen LogP contribution in [0.5, 0.6) is 5.75 Å². The van der Waals surface area contributed by atoms with Crippen molar-refractivity contribution in [3.8, 4) is 5.75 Å². The number of alkyl halides is 1. The molecule has 0 fully saturated rings. The van der Waals surface area contributed by atoms with Crippen molar-refractivity contribution in [1.29, 1.82) is 0 Å². The summed E-state index contributed by atoms with van der Waals surface area (Å²) in [6.45, 7) is 4.60. The van der Waals surface area contributed by atoms with Crippen molar-refractivity contribution in [2.24, 2.45) is 0 Å². The number of hydrogen-bond donors (Lipinski definition) is 1. The summed E-state index contributed by atoms with van der Waals surface area (Å²) in [5.41, 5.74) is 1.07. The number of halogens is 1. The van der Waals surface area contributed by atoms with Gasteiger partial charge in [-0.15, -0.1) is 0 Å². The third-order valence-electron chi connectivity index (χ3n) is 2.01. The van der Waals surface area contributed by atoms with Crippen LogP contribution in [0.15, 0.2) is 24.3 Å². The van der Waals surface area contributed by atoms with Crippen LogP contribution in [0.25, 0.3) is 0 Å². The number of ether oxygens (including phenoxy) is 1. The number of benzene rings is 1. The molecule has 1 aromatic carbocycles. The third-order valence-corrected chi connectivity index (χ3v) is 2.01. The minimum atomic E-state index is -0.452. The van der Waals surface area contributed by atoms with Crippen LogP contribution >= 0.6 is 0 Å². The Labute approximate surface area is 90.4 Å². The van der Waals surface area contributed by atoms with E-state index in [1.807, 2.05) is 24.3 Å². The van der Waals surface area contributed by atoms with Gasteiger partial charge in [0, 0.05) is 18.2 Å². The molecule has 0 heterocycles. The highest BCUT2D eigenvalue weighted by Crippen LogP contribution is 2.17. The molecule has 0 aliphatic rings. The van der Waals surface area contributed by atoms with E-state index in [1.165, 1.54) is 0 Å². The third kappa shape index (κ3) is 4.30. The molecule has 3 heteroatoms. The lowest BCUT2D eigenvalue weighted by atomic mass is 10.2. The Morgan fingerprint density at radius 3 is 2.73 bits per heavy atom. The van der Waals surface area contributed by atoms with E-state index in [0.717, 1.165) is 17.9 Å². The normalized spacial score (nSPS) is 10.7. The molecule has 1 aromatic rings. The van der Waals surface area contributed by atoms with E-state index in [4.69, 9.17) is 4.74 Å². The van der Waals surface area contributed by atoms with Crippen molar-refractivity contribution in [2.75, 3.05) is 13.3 Å². The molecule has 1 rings (SSSR count). The first-order valence-corrected chi connectivity index (χ1v) is 5.24. The van der Waals surface area contributed by atoms with Gasteiger partial charge in [-0.05, 0) is 6.07 Å². The number of hydrogen-bond acceptors (Lipinski definition) is 2. The van der Waals surface area contributed by atoms with Crippen molar-refractivity contribution in [2.45, 2.75) is 26.4 Å². The maximum absolute atomic E-state index is 12.0. The second kappa shape index (κ2) is 6.40. The molecule has 0 radical (unpaired) electrons. The Balaban J connectivity index is 2.59. The van der Waals surface area contributed by atoms with E-state index < -0.39 is 6.67 Å². The molecule has 0 amide bonds. The van der Waals surface area contributed by atoms with E-state index in [-0.39, 0.29) is 6.61 Å². The van der Waals surface area contributed by atoms with Gasteiger partial charge in [0.25, 0.3) is 0 Å². The topological polar surface area (TPSA) is 21.3 Å². The van der Waals surface area contributed by atoms with E-state index in [0.29, 0.717) is 6.04 Å². The van der Waals surface area contributed by atoms with Crippen molar-refractivity contribution >= 4 is 0 Å². The van der Waals surface area contributed by atoms with E-state index in [2.05, 4.69) is 19.2 Å². The predicted octanol–water partition coefficient (Wildman–Crippen LogP) is 2.53. The molecule has 0 aromatic heterocycles. The fraction of sp³-hybridized carbons (Fsp3) is 0.500. The average Bonchev–Trinajstić information content (AvgIpc) is 2.24. The minimum Gasteiger partial charge on any atom is -0.491 e. The van der Waals surface area contributed by atoms with Gasteiger partial charge in [-0.3, -0.25) is 0 Å². The molecule has 84 valence electrons. The lowest BCUT2D eigenvalue weighted by molar-refractivity contribution is 0.270. The monoisotopic (exact) mass is 211 g/mol. The SMILES string of the molecule is CC(C)NCc1ccccc1OCCF. The molecule has 0 saturated heterocycles. The zero-order valence-corrected chi connectivity index (χ0v) is 9.29. The summed E-state index contributed by atoms with van der Waals surface area (Å²) in [4.78, 5) is 0. The van der Waals surface area contributed by atoms with Gasteiger partial charge in [0.15, 0.2) is 0 Å². The molecule has 0 bridgehead atoms. The highest BCUT2D eigenvalue weighted by atomic mass is 19.1. The molecule has 2 nitrogen and oxygen atoms in total. The fourth-order valence-corrected chi connectivity index (χ4v) is 1.25. The highest BCUT2D eigenvalue weighted by Gasteiger charge is 2.02. The van der Waals surface area contributed by atoms with Crippen molar-refractivity contribution in [3.63, 3.8) is 0 Å². The van der Waals surface area contributed by atoms with Gasteiger partial charge < -0.3 is 10.1 Å². The van der Waals surface area contributed by atoms with Crippen LogP contribution < -0.4 is 10.1 Å². The summed E-state index contributed by atoms with van der Waals surface area (Å²) in [5.74, 6) is 0.767. The number of nitrogens with one attached hydrogen (secondary N) is 1. The molecule has 0 aliphatic heterocycles. The summed E-state index contributed by atoms with van der Waals surface area (Å²) in [5, 5.41) is 3.30. The predicted molar refractivity (Wildman–Crippen MR) is 59.9 cm³/mol. The second-order valence-corrected chi connectivity index (χ2v) is 3.68. The van der Waals surface area contributed by atoms with E-state index >= 15 is 0 Å². The Morgan fingerprint density at radius 1 is 1.33 bits per heavy atom. The largest absolute Gasteiger partial charge is 0.491 e. The molecule has 0 atom stereocenters. The molecule has 0 saturated carbocycles. The Bertz CT molecular complexity index is 289. The van der Waals surface area contributed by atoms with Crippen LogP contribution in [0.1, 0.15) is 19.4 Å². The van der Waals surface area contributed by atoms with Gasteiger partial charge in [0.1, 0.15) is 19.0 Å². The van der Waals surface area contributed by atoms with Crippen LogP contribution in [-0.2, 0) is 6.54 Å². The van der Waals surface area contributed by atoms with Crippen LogP contribution in [0, 0.1) is 0 Å². The second-order valence-electron chi connectivity index (χ2n) is 3.68. The van der Waals surface area contributed by atoms with Crippen molar-refractivity contribution < 1.29 is 9.13 Å². The first kappa shape index (κ1) is 12.0. The van der Waals surface area contributed by atoms with Crippen molar-refractivity contribution in [3.05, 3.63) is 29.8 Å². The lowest BCUT2D eigenvalue weighted by Gasteiger charge is -2.12. The number of rotatable bonds is 6. The smallest absolute Gasteiger partial charge is 0.123 e. The van der Waals surface area contributed by atoms with Gasteiger partial charge in [0.2, 0.25) is 0 Å². The van der Waals surface area contributed by atoms with Gasteiger partial charge in [-0.2, -0.15) is 0 Å². The Morgan fingerprint density at radius 2 is 2.07 bits per heavy atom. The molecular formula is C12H18FNO. The quantitative estimate of drug-likeness (QED) is 0.780. The molecule has 0 unspecified atom stereocenters. The Hall–Kier alpha value is -1.09. The first-order chi connectivity index (χ1) is 7.24. The molecular weight excluding hydrogens is 193 g/mol. The maximum Gasteiger partial charge on any atom is 0.123 e. The number of para-hydroxylation sites is 1. The summed E-state index contributed by atoms with van der Waals surface area (Å²) in [6, 6.07) is 8.14. The zero-order valence-electron chi connectivity index (χ0n) is 9.29. The Kier molecular flexibility index (Phi) is 5.12. The molecule has 0 spiro atoms. The summed E-state index contributed by atoms with van der Waals surface area (Å²) in [7, 11) is 0. The van der Waals surface area contributed by atoms with Gasteiger partial charge in [-0.1, -0.05) is 32.0 Å². The molecule has 1 N–H and O–H groups in total. The van der Waals surface area contributed by atoms with Gasteiger partial charge in [-0.25, -0.2) is 4.39 Å². The standard InChI is InChI=1S/C12H18FNO/c1-10(2)14-9-11-5-3-4-6-12(11)15-8-7-13/h3-6,10,14H,7-9H2,1-2H3. The summed E-state index contributed by atoms with van der Waals surface area (Å²) >= 11 is 0. The minimum absolute atomic E-state index is 0.124. The van der Waals surface area contributed by atoms with Gasteiger partial charge >= 0.3 is 0 Å². The molecule has 15 heavy (non-hydrogen) atoms. The van der Waals surface area contributed by atoms with E-state index in [1.54, 1.807) is 0 Å². The van der Waals surface area contributed by atoms with Gasteiger partial charge in [0.05, 0.1) is 0 Å². The van der Waals surface area contributed by atoms with Crippen LogP contribution in [-0.4, -0.2) is 19.3 Å². The van der Waals surface area contributed by atoms with Crippen LogP contribution in [0.3, 0.4) is 0 Å². The summed E-state index contributed by atoms with van der Waals surface area (Å²) < 4.78 is 17.3. The van der Waals surface area contributed by atoms with Crippen LogP contribution in [0.4, 0.5) is 4.39 Å². The lowest BCUT2D eigenvalue weighted by Crippen LogP contribution is -2.22. The van der Waals surface area contributed by atoms with Crippen molar-refractivity contribution in [1.82, 2.24) is 5.32 Å². The van der Waals surface area contributed by atoms with E-state index in [9.17, 15) is 4.39 Å². The fourth-order valence-electron chi connectivity index (χ4n) is 1.25. The highest BCUT2D eigenvalue weighted by molar-refractivity contribution is 5.33. The average molecular weight is 211 g/mol. The first-order valence-electron chi connectivity index (χ1n) is 5.24. The maximum atomic E-state index is 12.0. The van der Waals surface area contributed by atoms with Crippen LogP contribution in [0.2, 0.25) is 0 Å². The zero-order chi connectivity index (χ0) is 11.1. The molecule has 0 aliphatic carbocycles. The summed E-state index contributed by atoms with van der Waals surface area (Å²) in [6.07, 6.45) is 0.